The first kappa shape index (κ1) is 24.5. The highest BCUT2D eigenvalue weighted by atomic mass is 35.5. The number of rotatable bonds is 4. The van der Waals surface area contributed by atoms with Crippen LogP contribution in [0.4, 0.5) is 10.7 Å². The topological polar surface area (TPSA) is 58.2 Å². The number of carbonyl (C=O) groups is 2. The van der Waals surface area contributed by atoms with Crippen LogP contribution in [0.1, 0.15) is 69.5 Å². The predicted molar refractivity (Wildman–Crippen MR) is 143 cm³/mol. The molecule has 0 spiro atoms. The van der Waals surface area contributed by atoms with E-state index in [4.69, 9.17) is 11.6 Å². The lowest BCUT2D eigenvalue weighted by Crippen LogP contribution is -2.27. The molecule has 178 valence electrons. The number of hydrogen-bond donors (Lipinski definition) is 2. The third-order valence-corrected chi connectivity index (χ3v) is 8.07. The Labute approximate surface area is 210 Å². The lowest BCUT2D eigenvalue weighted by Gasteiger charge is -2.33. The Hall–Kier alpha value is -2.63. The molecule has 1 aliphatic rings. The van der Waals surface area contributed by atoms with Gasteiger partial charge in [0.25, 0.3) is 11.8 Å². The summed E-state index contributed by atoms with van der Waals surface area (Å²) in [6.07, 6.45) is 2.77. The molecule has 0 bridgehead atoms. The van der Waals surface area contributed by atoms with Crippen LogP contribution in [0, 0.1) is 25.2 Å². The summed E-state index contributed by atoms with van der Waals surface area (Å²) in [6.45, 7) is 10.8. The predicted octanol–water partition coefficient (Wildman–Crippen LogP) is 7.67. The Balaban J connectivity index is 1.70. The molecule has 4 rings (SSSR count). The Bertz CT molecular complexity index is 1260. The van der Waals surface area contributed by atoms with Crippen LogP contribution < -0.4 is 10.6 Å². The standard InChI is InChI=1S/C28H31ClN2O2S/c1-16-9-12-22(17(2)13-16)30-26(33)24-21-11-10-19(28(3,4)5)15-23(21)34-27(24)31-25(32)18-7-6-8-20(29)14-18/h6-9,12-14,19H,10-11,15H2,1-5H3,(H,30,33)(H,31,32). The van der Waals surface area contributed by atoms with Crippen LogP contribution in [0.2, 0.25) is 5.02 Å². The number of anilines is 2. The minimum absolute atomic E-state index is 0.181. The molecule has 2 aromatic carbocycles. The van der Waals surface area contributed by atoms with Gasteiger partial charge in [0, 0.05) is 21.2 Å². The van der Waals surface area contributed by atoms with Crippen molar-refractivity contribution in [3.63, 3.8) is 0 Å². The molecule has 1 aromatic heterocycles. The van der Waals surface area contributed by atoms with E-state index in [0.29, 0.717) is 27.1 Å². The third kappa shape index (κ3) is 5.21. The molecule has 1 unspecified atom stereocenters. The number of carbonyl (C=O) groups excluding carboxylic acids is 2. The second kappa shape index (κ2) is 9.55. The van der Waals surface area contributed by atoms with Crippen LogP contribution in [-0.4, -0.2) is 11.8 Å². The molecule has 4 nitrogen and oxygen atoms in total. The van der Waals surface area contributed by atoms with E-state index in [1.54, 1.807) is 24.3 Å². The van der Waals surface area contributed by atoms with Crippen molar-refractivity contribution in [1.82, 2.24) is 0 Å². The van der Waals surface area contributed by atoms with Crippen LogP contribution >= 0.6 is 22.9 Å². The number of benzene rings is 2. The highest BCUT2D eigenvalue weighted by molar-refractivity contribution is 7.17. The van der Waals surface area contributed by atoms with Gasteiger partial charge in [-0.15, -0.1) is 11.3 Å². The van der Waals surface area contributed by atoms with E-state index in [9.17, 15) is 9.59 Å². The van der Waals surface area contributed by atoms with Crippen LogP contribution in [-0.2, 0) is 12.8 Å². The largest absolute Gasteiger partial charge is 0.322 e. The molecular formula is C28H31ClN2O2S. The van der Waals surface area contributed by atoms with Crippen molar-refractivity contribution >= 4 is 45.4 Å². The molecule has 1 aliphatic carbocycles. The first-order valence-electron chi connectivity index (χ1n) is 11.6. The SMILES string of the molecule is Cc1ccc(NC(=O)c2c(NC(=O)c3cccc(Cl)c3)sc3c2CCC(C(C)(C)C)C3)c(C)c1. The Kier molecular flexibility index (Phi) is 6.88. The van der Waals surface area contributed by atoms with Crippen molar-refractivity contribution in [3.05, 3.63) is 80.2 Å². The fourth-order valence-electron chi connectivity index (χ4n) is 4.60. The number of amides is 2. The summed E-state index contributed by atoms with van der Waals surface area (Å²) in [5.41, 5.74) is 5.24. The minimum atomic E-state index is -0.269. The lowest BCUT2D eigenvalue weighted by molar-refractivity contribution is 0.102. The van der Waals surface area contributed by atoms with Crippen LogP contribution in [0.5, 0.6) is 0 Å². The molecule has 34 heavy (non-hydrogen) atoms. The van der Waals surface area contributed by atoms with E-state index in [-0.39, 0.29) is 17.2 Å². The van der Waals surface area contributed by atoms with Crippen molar-refractivity contribution in [2.24, 2.45) is 11.3 Å². The van der Waals surface area contributed by atoms with E-state index in [1.807, 2.05) is 26.0 Å². The third-order valence-electron chi connectivity index (χ3n) is 6.66. The lowest BCUT2D eigenvalue weighted by atomic mass is 9.72. The summed E-state index contributed by atoms with van der Waals surface area (Å²) in [5, 5.41) is 7.21. The van der Waals surface area contributed by atoms with Crippen molar-refractivity contribution in [3.8, 4) is 0 Å². The van der Waals surface area contributed by atoms with Gasteiger partial charge in [0.15, 0.2) is 0 Å². The maximum absolute atomic E-state index is 13.6. The molecule has 1 heterocycles. The Morgan fingerprint density at radius 3 is 2.47 bits per heavy atom. The minimum Gasteiger partial charge on any atom is -0.322 e. The maximum Gasteiger partial charge on any atom is 0.258 e. The molecule has 0 aliphatic heterocycles. The zero-order valence-electron chi connectivity index (χ0n) is 20.3. The first-order chi connectivity index (χ1) is 16.0. The molecule has 0 radical (unpaired) electrons. The first-order valence-corrected chi connectivity index (χ1v) is 12.8. The Morgan fingerprint density at radius 1 is 1.03 bits per heavy atom. The highest BCUT2D eigenvalue weighted by Crippen LogP contribution is 2.44. The van der Waals surface area contributed by atoms with Gasteiger partial charge in [-0.25, -0.2) is 0 Å². The highest BCUT2D eigenvalue weighted by Gasteiger charge is 2.34. The number of fused-ring (bicyclic) bond motifs is 1. The van der Waals surface area contributed by atoms with Gasteiger partial charge < -0.3 is 10.6 Å². The molecule has 2 amide bonds. The van der Waals surface area contributed by atoms with Gasteiger partial charge in [0.05, 0.1) is 5.56 Å². The number of thiophene rings is 1. The van der Waals surface area contributed by atoms with Crippen LogP contribution in [0.25, 0.3) is 0 Å². The summed E-state index contributed by atoms with van der Waals surface area (Å²) in [4.78, 5) is 27.8. The van der Waals surface area contributed by atoms with E-state index < -0.39 is 0 Å². The van der Waals surface area contributed by atoms with Crippen molar-refractivity contribution in [1.29, 1.82) is 0 Å². The summed E-state index contributed by atoms with van der Waals surface area (Å²) >= 11 is 7.62. The molecule has 0 saturated carbocycles. The normalized spacial score (nSPS) is 15.5. The molecule has 2 N–H and O–H groups in total. The summed E-state index contributed by atoms with van der Waals surface area (Å²) in [6, 6.07) is 12.8. The molecule has 6 heteroatoms. The second-order valence-corrected chi connectivity index (χ2v) is 11.8. The quantitative estimate of drug-likeness (QED) is 0.390. The molecule has 0 fully saturated rings. The average molecular weight is 495 g/mol. The molecular weight excluding hydrogens is 464 g/mol. The second-order valence-electron chi connectivity index (χ2n) is 10.3. The fraction of sp³-hybridized carbons (Fsp3) is 0.357. The van der Waals surface area contributed by atoms with Gasteiger partial charge >= 0.3 is 0 Å². The summed E-state index contributed by atoms with van der Waals surface area (Å²) in [7, 11) is 0. The monoisotopic (exact) mass is 494 g/mol. The van der Waals surface area contributed by atoms with Crippen LogP contribution in [0.15, 0.2) is 42.5 Å². The van der Waals surface area contributed by atoms with Crippen molar-refractivity contribution in [2.75, 3.05) is 10.6 Å². The van der Waals surface area contributed by atoms with Crippen molar-refractivity contribution < 1.29 is 9.59 Å². The Morgan fingerprint density at radius 2 is 1.79 bits per heavy atom. The van der Waals surface area contributed by atoms with Crippen molar-refractivity contribution in [2.45, 2.75) is 53.9 Å². The number of hydrogen-bond acceptors (Lipinski definition) is 3. The van der Waals surface area contributed by atoms with Gasteiger partial charge in [0.1, 0.15) is 5.00 Å². The van der Waals surface area contributed by atoms with Gasteiger partial charge in [-0.2, -0.15) is 0 Å². The average Bonchev–Trinajstić information content (AvgIpc) is 3.12. The van der Waals surface area contributed by atoms with Gasteiger partial charge in [-0.3, -0.25) is 9.59 Å². The number of aryl methyl sites for hydroxylation is 2. The smallest absolute Gasteiger partial charge is 0.258 e. The molecule has 0 saturated heterocycles. The fourth-order valence-corrected chi connectivity index (χ4v) is 6.11. The summed E-state index contributed by atoms with van der Waals surface area (Å²) in [5.74, 6) is 0.0828. The number of nitrogens with one attached hydrogen (secondary N) is 2. The van der Waals surface area contributed by atoms with E-state index in [0.717, 1.165) is 41.6 Å². The van der Waals surface area contributed by atoms with Gasteiger partial charge in [-0.05, 0) is 79.8 Å². The molecule has 3 aromatic rings. The van der Waals surface area contributed by atoms with Crippen LogP contribution in [0.3, 0.4) is 0 Å². The number of halogens is 1. The van der Waals surface area contributed by atoms with Gasteiger partial charge in [-0.1, -0.05) is 56.1 Å². The zero-order valence-corrected chi connectivity index (χ0v) is 21.9. The van der Waals surface area contributed by atoms with Gasteiger partial charge in [0.2, 0.25) is 0 Å². The zero-order chi connectivity index (χ0) is 24.6. The summed E-state index contributed by atoms with van der Waals surface area (Å²) < 4.78 is 0. The maximum atomic E-state index is 13.6. The molecule has 1 atom stereocenters. The van der Waals surface area contributed by atoms with E-state index in [2.05, 4.69) is 37.5 Å². The van der Waals surface area contributed by atoms with E-state index in [1.165, 1.54) is 16.2 Å². The van der Waals surface area contributed by atoms with E-state index >= 15 is 0 Å².